The predicted molar refractivity (Wildman–Crippen MR) is 241 cm³/mol. The van der Waals surface area contributed by atoms with Crippen LogP contribution in [0, 0.1) is 22.7 Å². The fourth-order valence-electron chi connectivity index (χ4n) is 8.27. The molecule has 6 nitrogen and oxygen atoms in total. The molecule has 10 rings (SSSR count). The summed E-state index contributed by atoms with van der Waals surface area (Å²) in [5, 5.41) is 21.8. The number of fused-ring (bicyclic) bond motifs is 3. The van der Waals surface area contributed by atoms with E-state index >= 15 is 0 Å². The van der Waals surface area contributed by atoms with E-state index in [4.69, 9.17) is 15.0 Å². The van der Waals surface area contributed by atoms with Crippen LogP contribution in [0.1, 0.15) is 16.7 Å². The van der Waals surface area contributed by atoms with Crippen molar-refractivity contribution in [1.82, 2.24) is 19.5 Å². The molecule has 0 bridgehead atoms. The van der Waals surface area contributed by atoms with Crippen molar-refractivity contribution in [3.63, 3.8) is 0 Å². The lowest BCUT2D eigenvalue weighted by molar-refractivity contribution is -0.137. The van der Waals surface area contributed by atoms with E-state index in [0.29, 0.717) is 45.4 Å². The van der Waals surface area contributed by atoms with Gasteiger partial charge in [-0.2, -0.15) is 23.7 Å². The second-order valence-corrected chi connectivity index (χ2v) is 14.9. The normalized spacial score (nSPS) is 11.4. The van der Waals surface area contributed by atoms with Gasteiger partial charge in [0.2, 0.25) is 0 Å². The highest BCUT2D eigenvalue weighted by atomic mass is 19.4. The van der Waals surface area contributed by atoms with Crippen LogP contribution < -0.4 is 0 Å². The van der Waals surface area contributed by atoms with E-state index < -0.39 is 11.7 Å². The van der Waals surface area contributed by atoms with Crippen molar-refractivity contribution in [3.8, 4) is 85.4 Å². The number of benzene rings is 8. The number of aromatic nitrogens is 4. The number of hydrogen-bond donors (Lipinski definition) is 0. The molecule has 0 saturated carbocycles. The zero-order valence-corrected chi connectivity index (χ0v) is 33.2. The molecule has 0 aliphatic heterocycles. The van der Waals surface area contributed by atoms with Gasteiger partial charge in [0.15, 0.2) is 17.5 Å². The first kappa shape index (κ1) is 38.5. The lowest BCUT2D eigenvalue weighted by Gasteiger charge is -2.18. The number of halogens is 3. The van der Waals surface area contributed by atoms with Gasteiger partial charge in [-0.1, -0.05) is 133 Å². The molecule has 9 heteroatoms. The van der Waals surface area contributed by atoms with Gasteiger partial charge in [0, 0.05) is 27.5 Å². The van der Waals surface area contributed by atoms with Crippen LogP contribution in [0.3, 0.4) is 0 Å². The molecule has 0 aliphatic carbocycles. The fraction of sp³-hybridized carbons (Fsp3) is 0.0185. The van der Waals surface area contributed by atoms with Gasteiger partial charge in [-0.05, 0) is 88.0 Å². The second kappa shape index (κ2) is 15.7. The Hall–Kier alpha value is -8.66. The first-order valence-corrected chi connectivity index (χ1v) is 20.0. The minimum absolute atomic E-state index is 0.0231. The molecular weight excluding hydrogens is 790 g/mol. The van der Waals surface area contributed by atoms with E-state index in [1.807, 2.05) is 138 Å². The predicted octanol–water partition coefficient (Wildman–Crippen LogP) is 13.7. The van der Waals surface area contributed by atoms with Crippen LogP contribution >= 0.6 is 0 Å². The maximum Gasteiger partial charge on any atom is 0.417 e. The molecular formula is C54H31F3N6. The molecule has 0 N–H and O–H groups in total. The van der Waals surface area contributed by atoms with Gasteiger partial charge in [0.05, 0.1) is 45.5 Å². The Bertz CT molecular complexity index is 3300. The Morgan fingerprint density at radius 1 is 0.397 bits per heavy atom. The average Bonchev–Trinajstić information content (AvgIpc) is 3.66. The van der Waals surface area contributed by atoms with E-state index in [1.54, 1.807) is 36.4 Å². The van der Waals surface area contributed by atoms with Crippen molar-refractivity contribution >= 4 is 21.8 Å². The molecule has 0 amide bonds. The van der Waals surface area contributed by atoms with E-state index in [2.05, 4.69) is 12.1 Å². The molecule has 0 aliphatic rings. The van der Waals surface area contributed by atoms with E-state index in [-0.39, 0.29) is 5.56 Å². The van der Waals surface area contributed by atoms with E-state index in [9.17, 15) is 23.7 Å². The SMILES string of the molecule is N#Cc1ccccc1-c1ccc2c(c1)c1cc(-c3ccccc3C#N)ccc1n2-c1cc(-c2ccccc2C(F)(F)F)ccc1-c1nc(-c2ccccc2)nc(-c2ccccc2)n1. The van der Waals surface area contributed by atoms with Gasteiger partial charge in [0.25, 0.3) is 0 Å². The van der Waals surface area contributed by atoms with Crippen LogP contribution in [0.5, 0.6) is 0 Å². The van der Waals surface area contributed by atoms with Crippen molar-refractivity contribution in [2.75, 3.05) is 0 Å². The van der Waals surface area contributed by atoms with Crippen molar-refractivity contribution < 1.29 is 13.2 Å². The monoisotopic (exact) mass is 820 g/mol. The topological polar surface area (TPSA) is 91.2 Å². The van der Waals surface area contributed by atoms with Gasteiger partial charge in [-0.25, -0.2) is 15.0 Å². The van der Waals surface area contributed by atoms with Gasteiger partial charge < -0.3 is 4.57 Å². The van der Waals surface area contributed by atoms with Crippen LogP contribution in [0.2, 0.25) is 0 Å². The van der Waals surface area contributed by atoms with Crippen LogP contribution in [-0.4, -0.2) is 19.5 Å². The molecule has 8 aromatic carbocycles. The second-order valence-electron chi connectivity index (χ2n) is 14.9. The minimum Gasteiger partial charge on any atom is -0.308 e. The van der Waals surface area contributed by atoms with Crippen LogP contribution in [-0.2, 0) is 6.18 Å². The van der Waals surface area contributed by atoms with Crippen molar-refractivity contribution in [1.29, 1.82) is 10.5 Å². The molecule has 0 radical (unpaired) electrons. The smallest absolute Gasteiger partial charge is 0.308 e. The molecule has 63 heavy (non-hydrogen) atoms. The lowest BCUT2D eigenvalue weighted by Crippen LogP contribution is -2.07. The van der Waals surface area contributed by atoms with Crippen molar-refractivity contribution in [2.24, 2.45) is 0 Å². The molecule has 0 atom stereocenters. The minimum atomic E-state index is -4.61. The summed E-state index contributed by atoms with van der Waals surface area (Å²) < 4.78 is 46.0. The summed E-state index contributed by atoms with van der Waals surface area (Å²) in [4.78, 5) is 15.0. The standard InChI is InChI=1S/C54H31F3N6/c55-54(56,57)47-22-12-11-21-43(47)38-23-26-44(53-61-51(34-13-3-1-4-14-34)60-52(62-53)35-15-5-2-6-16-35)50(31-38)63-48-27-24-36(41-19-9-7-17-39(41)32-58)29-45(48)46-30-37(25-28-49(46)63)42-20-10-8-18-40(42)33-59/h1-31H. The maximum atomic E-state index is 14.7. The number of hydrogen-bond acceptors (Lipinski definition) is 5. The van der Waals surface area contributed by atoms with Crippen LogP contribution in [0.25, 0.3) is 95.0 Å². The number of alkyl halides is 3. The Labute approximate surface area is 360 Å². The summed E-state index contributed by atoms with van der Waals surface area (Å²) >= 11 is 0. The van der Waals surface area contributed by atoms with Crippen molar-refractivity contribution in [2.45, 2.75) is 6.18 Å². The third kappa shape index (κ3) is 7.04. The molecule has 0 unspecified atom stereocenters. The van der Waals surface area contributed by atoms with E-state index in [0.717, 1.165) is 61.3 Å². The Kier molecular flexibility index (Phi) is 9.63. The highest BCUT2D eigenvalue weighted by Gasteiger charge is 2.33. The Balaban J connectivity index is 1.31. The van der Waals surface area contributed by atoms with E-state index in [1.165, 1.54) is 12.1 Å². The zero-order chi connectivity index (χ0) is 43.1. The molecule has 0 fully saturated rings. The van der Waals surface area contributed by atoms with Gasteiger partial charge in [-0.15, -0.1) is 0 Å². The van der Waals surface area contributed by atoms with Gasteiger partial charge >= 0.3 is 6.18 Å². The summed E-state index contributed by atoms with van der Waals surface area (Å²) in [6.07, 6.45) is -4.61. The Morgan fingerprint density at radius 2 is 0.825 bits per heavy atom. The Morgan fingerprint density at radius 3 is 1.33 bits per heavy atom. The summed E-state index contributed by atoms with van der Waals surface area (Å²) in [7, 11) is 0. The maximum absolute atomic E-state index is 14.7. The van der Waals surface area contributed by atoms with Crippen molar-refractivity contribution in [3.05, 3.63) is 205 Å². The number of rotatable bonds is 7. The molecule has 2 aromatic heterocycles. The van der Waals surface area contributed by atoms with Crippen LogP contribution in [0.15, 0.2) is 188 Å². The third-order valence-corrected chi connectivity index (χ3v) is 11.2. The lowest BCUT2D eigenvalue weighted by atomic mass is 9.96. The average molecular weight is 821 g/mol. The quantitative estimate of drug-likeness (QED) is 0.160. The van der Waals surface area contributed by atoms with Crippen LogP contribution in [0.4, 0.5) is 13.2 Å². The molecule has 298 valence electrons. The summed E-state index contributed by atoms with van der Waals surface area (Å²) in [5.74, 6) is 1.18. The molecule has 2 heterocycles. The molecule has 0 saturated heterocycles. The highest BCUT2D eigenvalue weighted by Crippen LogP contribution is 2.43. The first-order chi connectivity index (χ1) is 30.8. The highest BCUT2D eigenvalue weighted by molar-refractivity contribution is 6.12. The largest absolute Gasteiger partial charge is 0.417 e. The number of nitrogens with zero attached hydrogens (tertiary/aromatic N) is 6. The third-order valence-electron chi connectivity index (χ3n) is 11.2. The summed E-state index contributed by atoms with van der Waals surface area (Å²) in [6, 6.07) is 61.3. The summed E-state index contributed by atoms with van der Waals surface area (Å²) in [5.41, 5.74) is 7.89. The molecule has 10 aromatic rings. The zero-order valence-electron chi connectivity index (χ0n) is 33.2. The molecule has 0 spiro atoms. The van der Waals surface area contributed by atoms with Gasteiger partial charge in [0.1, 0.15) is 0 Å². The summed E-state index contributed by atoms with van der Waals surface area (Å²) in [6.45, 7) is 0. The fourth-order valence-corrected chi connectivity index (χ4v) is 8.27. The number of nitriles is 2. The van der Waals surface area contributed by atoms with Gasteiger partial charge in [-0.3, -0.25) is 0 Å². The first-order valence-electron chi connectivity index (χ1n) is 20.0.